The molecule has 0 aromatic heterocycles. The van der Waals surface area contributed by atoms with Crippen molar-refractivity contribution in [2.24, 2.45) is 0 Å². The number of nitrogens with one attached hydrogen (secondary N) is 1. The van der Waals surface area contributed by atoms with Crippen molar-refractivity contribution in [2.75, 3.05) is 6.61 Å². The van der Waals surface area contributed by atoms with E-state index in [1.807, 2.05) is 26.0 Å². The maximum absolute atomic E-state index is 12.2. The van der Waals surface area contributed by atoms with Crippen LogP contribution in [-0.4, -0.2) is 23.2 Å². The molecular weight excluding hydrogens is 362 g/mol. The minimum absolute atomic E-state index is 0.0616. The van der Waals surface area contributed by atoms with Gasteiger partial charge < -0.3 is 10.4 Å². The second-order valence-corrected chi connectivity index (χ2v) is 6.24. The Kier molecular flexibility index (Phi) is 5.82. The predicted molar refractivity (Wildman–Crippen MR) is 79.7 cm³/mol. The fraction of sp³-hybridized carbons (Fsp3) is 0.462. The van der Waals surface area contributed by atoms with Gasteiger partial charge in [0.1, 0.15) is 0 Å². The molecule has 5 heteroatoms. The number of hydrogen-bond donors (Lipinski definition) is 2. The Hall–Kier alpha value is -0.390. The molecule has 1 unspecified atom stereocenters. The second kappa shape index (κ2) is 6.68. The van der Waals surface area contributed by atoms with E-state index < -0.39 is 0 Å². The first kappa shape index (κ1) is 15.7. The number of carbonyl (C=O) groups is 1. The summed E-state index contributed by atoms with van der Waals surface area (Å²) in [7, 11) is 0. The lowest BCUT2D eigenvalue weighted by Crippen LogP contribution is -2.46. The Bertz CT molecular complexity index is 437. The van der Waals surface area contributed by atoms with Crippen molar-refractivity contribution in [2.45, 2.75) is 32.2 Å². The molecule has 0 fully saturated rings. The van der Waals surface area contributed by atoms with E-state index in [4.69, 9.17) is 5.11 Å². The van der Waals surface area contributed by atoms with Gasteiger partial charge >= 0.3 is 0 Å². The molecule has 0 saturated carbocycles. The number of halogens is 2. The molecule has 0 heterocycles. The van der Waals surface area contributed by atoms with Crippen LogP contribution >= 0.6 is 31.9 Å². The van der Waals surface area contributed by atoms with Gasteiger partial charge in [-0.1, -0.05) is 22.9 Å². The maximum Gasteiger partial charge on any atom is 0.252 e. The monoisotopic (exact) mass is 377 g/mol. The van der Waals surface area contributed by atoms with E-state index in [1.54, 1.807) is 6.07 Å². The van der Waals surface area contributed by atoms with E-state index >= 15 is 0 Å². The van der Waals surface area contributed by atoms with Gasteiger partial charge in [0, 0.05) is 21.1 Å². The third-order valence-corrected chi connectivity index (χ3v) is 4.18. The number of rotatable bonds is 5. The number of hydrogen-bond acceptors (Lipinski definition) is 2. The Balaban J connectivity index is 2.87. The Morgan fingerprint density at radius 1 is 1.44 bits per heavy atom. The molecule has 0 saturated heterocycles. The first-order valence-corrected chi connectivity index (χ1v) is 7.39. The van der Waals surface area contributed by atoms with Crippen molar-refractivity contribution in [3.8, 4) is 0 Å². The van der Waals surface area contributed by atoms with Crippen molar-refractivity contribution >= 4 is 37.8 Å². The van der Waals surface area contributed by atoms with Crippen LogP contribution in [0, 0.1) is 0 Å². The Labute approximate surface area is 124 Å². The first-order valence-electron chi connectivity index (χ1n) is 5.80. The third-order valence-electron chi connectivity index (χ3n) is 3.03. The van der Waals surface area contributed by atoms with Crippen LogP contribution in [0.5, 0.6) is 0 Å². The zero-order valence-electron chi connectivity index (χ0n) is 10.5. The summed E-state index contributed by atoms with van der Waals surface area (Å²) in [6.45, 7) is 3.99. The zero-order chi connectivity index (χ0) is 13.8. The van der Waals surface area contributed by atoms with E-state index in [0.29, 0.717) is 12.0 Å². The number of amides is 1. The number of aliphatic hydroxyl groups is 1. The summed E-state index contributed by atoms with van der Waals surface area (Å²) in [6, 6.07) is 5.43. The summed E-state index contributed by atoms with van der Waals surface area (Å²) in [5.74, 6) is -0.132. The normalized spacial score (nSPS) is 14.1. The maximum atomic E-state index is 12.2. The lowest BCUT2D eigenvalue weighted by molar-refractivity contribution is 0.0885. The minimum Gasteiger partial charge on any atom is -0.396 e. The fourth-order valence-corrected chi connectivity index (χ4v) is 2.82. The molecular formula is C13H17Br2NO2. The Morgan fingerprint density at radius 3 is 2.61 bits per heavy atom. The number of benzene rings is 1. The van der Waals surface area contributed by atoms with Gasteiger partial charge in [-0.2, -0.15) is 0 Å². The van der Waals surface area contributed by atoms with E-state index in [9.17, 15) is 4.79 Å². The summed E-state index contributed by atoms with van der Waals surface area (Å²) < 4.78 is 1.66. The molecule has 0 aliphatic heterocycles. The van der Waals surface area contributed by atoms with Crippen LogP contribution in [0.1, 0.15) is 37.0 Å². The quantitative estimate of drug-likeness (QED) is 0.823. The molecule has 1 amide bonds. The van der Waals surface area contributed by atoms with Gasteiger partial charge in [0.25, 0.3) is 5.91 Å². The van der Waals surface area contributed by atoms with Gasteiger partial charge in [-0.3, -0.25) is 4.79 Å². The molecule has 1 aromatic carbocycles. The summed E-state index contributed by atoms with van der Waals surface area (Å²) >= 11 is 6.73. The van der Waals surface area contributed by atoms with Crippen LogP contribution in [-0.2, 0) is 0 Å². The lowest BCUT2D eigenvalue weighted by Gasteiger charge is -2.29. The van der Waals surface area contributed by atoms with Gasteiger partial charge in [-0.05, 0) is 53.9 Å². The van der Waals surface area contributed by atoms with Crippen LogP contribution in [0.3, 0.4) is 0 Å². The van der Waals surface area contributed by atoms with Crippen LogP contribution in [0.4, 0.5) is 0 Å². The summed E-state index contributed by atoms with van der Waals surface area (Å²) in [4.78, 5) is 12.2. The van der Waals surface area contributed by atoms with E-state index in [1.165, 1.54) is 0 Å². The third kappa shape index (κ3) is 4.07. The molecule has 0 aliphatic carbocycles. The first-order chi connectivity index (χ1) is 8.41. The number of aliphatic hydroxyl groups excluding tert-OH is 1. The van der Waals surface area contributed by atoms with Gasteiger partial charge in [-0.25, -0.2) is 0 Å². The molecule has 0 spiro atoms. The van der Waals surface area contributed by atoms with E-state index in [2.05, 4.69) is 37.2 Å². The Morgan fingerprint density at radius 2 is 2.11 bits per heavy atom. The van der Waals surface area contributed by atoms with Crippen molar-refractivity contribution in [1.29, 1.82) is 0 Å². The average Bonchev–Trinajstić information content (AvgIpc) is 2.28. The standard InChI is InChI=1S/C13H17Br2NO2/c1-3-13(2,6-7-17)16-12(18)10-5-4-9(14)8-11(10)15/h4-5,8,17H,3,6-7H2,1-2H3,(H,16,18). The van der Waals surface area contributed by atoms with Crippen LogP contribution < -0.4 is 5.32 Å². The average molecular weight is 379 g/mol. The number of carbonyl (C=O) groups excluding carboxylic acids is 1. The SMILES string of the molecule is CCC(C)(CCO)NC(=O)c1ccc(Br)cc1Br. The molecule has 1 rings (SSSR count). The van der Waals surface area contributed by atoms with E-state index in [0.717, 1.165) is 15.4 Å². The summed E-state index contributed by atoms with van der Waals surface area (Å²) in [6.07, 6.45) is 1.32. The minimum atomic E-state index is -0.377. The molecule has 0 bridgehead atoms. The molecule has 3 nitrogen and oxygen atoms in total. The van der Waals surface area contributed by atoms with Crippen molar-refractivity contribution < 1.29 is 9.90 Å². The molecule has 2 N–H and O–H groups in total. The van der Waals surface area contributed by atoms with Crippen LogP contribution in [0.2, 0.25) is 0 Å². The predicted octanol–water partition coefficient (Wildman–Crippen LogP) is 3.49. The topological polar surface area (TPSA) is 49.3 Å². The second-order valence-electron chi connectivity index (χ2n) is 4.47. The highest BCUT2D eigenvalue weighted by Gasteiger charge is 2.24. The summed E-state index contributed by atoms with van der Waals surface area (Å²) in [5, 5.41) is 12.0. The smallest absolute Gasteiger partial charge is 0.252 e. The molecule has 1 atom stereocenters. The lowest BCUT2D eigenvalue weighted by atomic mass is 9.94. The molecule has 1 aromatic rings. The van der Waals surface area contributed by atoms with Gasteiger partial charge in [-0.15, -0.1) is 0 Å². The fourth-order valence-electron chi connectivity index (χ4n) is 1.59. The molecule has 18 heavy (non-hydrogen) atoms. The highest BCUT2D eigenvalue weighted by atomic mass is 79.9. The van der Waals surface area contributed by atoms with Crippen molar-refractivity contribution in [3.63, 3.8) is 0 Å². The van der Waals surface area contributed by atoms with Crippen molar-refractivity contribution in [3.05, 3.63) is 32.7 Å². The zero-order valence-corrected chi connectivity index (χ0v) is 13.6. The van der Waals surface area contributed by atoms with E-state index in [-0.39, 0.29) is 18.1 Å². The molecule has 0 aliphatic rings. The van der Waals surface area contributed by atoms with Crippen LogP contribution in [0.15, 0.2) is 27.1 Å². The van der Waals surface area contributed by atoms with Gasteiger partial charge in [0.05, 0.1) is 5.56 Å². The van der Waals surface area contributed by atoms with Crippen molar-refractivity contribution in [1.82, 2.24) is 5.32 Å². The van der Waals surface area contributed by atoms with Gasteiger partial charge in [0.15, 0.2) is 0 Å². The molecule has 0 radical (unpaired) electrons. The van der Waals surface area contributed by atoms with Gasteiger partial charge in [0.2, 0.25) is 0 Å². The highest BCUT2D eigenvalue weighted by molar-refractivity contribution is 9.11. The summed E-state index contributed by atoms with van der Waals surface area (Å²) in [5.41, 5.74) is 0.217. The highest BCUT2D eigenvalue weighted by Crippen LogP contribution is 2.23. The molecule has 100 valence electrons. The largest absolute Gasteiger partial charge is 0.396 e. The van der Waals surface area contributed by atoms with Crippen LogP contribution in [0.25, 0.3) is 0 Å².